The number of hydrogen-bond acceptors (Lipinski definition) is 5. The smallest absolute Gasteiger partial charge is 0.409 e. The van der Waals surface area contributed by atoms with E-state index in [0.29, 0.717) is 26.1 Å². The first kappa shape index (κ1) is 18.8. The molecule has 24 heavy (non-hydrogen) atoms. The van der Waals surface area contributed by atoms with E-state index in [1.54, 1.807) is 13.8 Å². The zero-order valence-electron chi connectivity index (χ0n) is 13.4. The number of halogens is 1. The molecule has 0 radical (unpaired) electrons. The summed E-state index contributed by atoms with van der Waals surface area (Å²) in [4.78, 5) is 10.3. The maximum absolute atomic E-state index is 13.2. The topological polar surface area (TPSA) is 113 Å². The number of phenolic OH excluding ortho intramolecular Hbond substituents is 1. The highest BCUT2D eigenvalue weighted by Gasteiger charge is 2.45. The minimum Gasteiger partial charge on any atom is -0.504 e. The van der Waals surface area contributed by atoms with Crippen LogP contribution in [0.1, 0.15) is 26.7 Å². The Morgan fingerprint density at radius 2 is 1.92 bits per heavy atom. The van der Waals surface area contributed by atoms with Gasteiger partial charge in [0.15, 0.2) is 15.6 Å². The molecule has 1 fully saturated rings. The Morgan fingerprint density at radius 1 is 1.33 bits per heavy atom. The van der Waals surface area contributed by atoms with E-state index in [1.807, 2.05) is 5.32 Å². The Balaban J connectivity index is 2.54. The fraction of sp³-hybridized carbons (Fsp3) is 0.533. The summed E-state index contributed by atoms with van der Waals surface area (Å²) in [6, 6.07) is 2.46. The van der Waals surface area contributed by atoms with Crippen LogP contribution >= 0.6 is 11.6 Å². The van der Waals surface area contributed by atoms with Crippen molar-refractivity contribution in [2.45, 2.75) is 36.3 Å². The number of carboxylic acid groups (broad SMARTS) is 1. The maximum Gasteiger partial charge on any atom is 0.409 e. The Labute approximate surface area is 145 Å². The molecule has 0 aromatic heterocycles. The van der Waals surface area contributed by atoms with Gasteiger partial charge in [-0.3, -0.25) is 5.32 Å². The van der Waals surface area contributed by atoms with Crippen molar-refractivity contribution in [1.29, 1.82) is 0 Å². The Kier molecular flexibility index (Phi) is 5.31. The first-order valence-electron chi connectivity index (χ1n) is 7.43. The van der Waals surface area contributed by atoms with Crippen LogP contribution < -0.4 is 5.32 Å². The number of aromatic hydroxyl groups is 1. The molecule has 0 saturated carbocycles. The number of hydrogen-bond donors (Lipinski definition) is 3. The van der Waals surface area contributed by atoms with Gasteiger partial charge in [0.25, 0.3) is 0 Å². The second-order valence-electron chi connectivity index (χ2n) is 6.20. The Morgan fingerprint density at radius 3 is 2.46 bits per heavy atom. The number of phenols is 1. The lowest BCUT2D eigenvalue weighted by Gasteiger charge is -2.36. The van der Waals surface area contributed by atoms with Crippen LogP contribution in [0.5, 0.6) is 5.75 Å². The molecule has 0 bridgehead atoms. The number of sulfone groups is 1. The molecule has 0 atom stereocenters. The molecule has 1 amide bonds. The quantitative estimate of drug-likeness (QED) is 0.695. The fourth-order valence-electron chi connectivity index (χ4n) is 2.89. The van der Waals surface area contributed by atoms with E-state index in [9.17, 15) is 18.3 Å². The molecule has 1 aliphatic rings. The van der Waals surface area contributed by atoms with Crippen molar-refractivity contribution in [3.8, 4) is 5.75 Å². The van der Waals surface area contributed by atoms with Gasteiger partial charge in [0.05, 0.1) is 15.5 Å². The normalized spacial score (nSPS) is 16.8. The first-order chi connectivity index (χ1) is 11.1. The molecule has 2 rings (SSSR count). The fourth-order valence-corrected chi connectivity index (χ4v) is 5.24. The molecule has 7 nitrogen and oxygen atoms in total. The summed E-state index contributed by atoms with van der Waals surface area (Å²) in [5.41, 5.74) is -0.228. The molecular weight excluding hydrogens is 358 g/mol. The van der Waals surface area contributed by atoms with Gasteiger partial charge in [0.2, 0.25) is 0 Å². The zero-order chi connectivity index (χ0) is 18.1. The standard InChI is InChI=1S/C15H20ClNO6S/c1-15(2,9-5-7-23-8-6-9)24(21,22)13-10(16)3-4-11(12(13)18)17-14(19)20/h3-4,9,17-18H,5-8H2,1-2H3,(H,19,20). The summed E-state index contributed by atoms with van der Waals surface area (Å²) >= 11 is 6.03. The average Bonchev–Trinajstić information content (AvgIpc) is 2.50. The number of anilines is 1. The van der Waals surface area contributed by atoms with Gasteiger partial charge in [-0.25, -0.2) is 13.2 Å². The summed E-state index contributed by atoms with van der Waals surface area (Å²) < 4.78 is 30.4. The minimum atomic E-state index is -4.03. The maximum atomic E-state index is 13.2. The molecule has 1 aromatic rings. The highest BCUT2D eigenvalue weighted by atomic mass is 35.5. The molecule has 1 aromatic carbocycles. The molecule has 1 saturated heterocycles. The van der Waals surface area contributed by atoms with E-state index < -0.39 is 31.3 Å². The SMILES string of the molecule is CC(C)(C1CCOCC1)S(=O)(=O)c1c(Cl)ccc(NC(=O)O)c1O. The molecule has 0 unspecified atom stereocenters. The monoisotopic (exact) mass is 377 g/mol. The summed E-state index contributed by atoms with van der Waals surface area (Å²) in [5, 5.41) is 20.9. The van der Waals surface area contributed by atoms with Gasteiger partial charge in [-0.1, -0.05) is 11.6 Å². The second-order valence-corrected chi connectivity index (χ2v) is 9.07. The summed E-state index contributed by atoms with van der Waals surface area (Å²) in [6.45, 7) is 4.13. The molecule has 9 heteroatoms. The van der Waals surface area contributed by atoms with Crippen molar-refractivity contribution in [3.63, 3.8) is 0 Å². The lowest BCUT2D eigenvalue weighted by Crippen LogP contribution is -2.42. The number of benzene rings is 1. The van der Waals surface area contributed by atoms with Gasteiger partial charge in [0.1, 0.15) is 4.90 Å². The molecule has 0 spiro atoms. The summed E-state index contributed by atoms with van der Waals surface area (Å²) in [7, 11) is -4.03. The number of ether oxygens (including phenoxy) is 1. The van der Waals surface area contributed by atoms with Gasteiger partial charge in [-0.15, -0.1) is 0 Å². The van der Waals surface area contributed by atoms with Crippen LogP contribution in [0.25, 0.3) is 0 Å². The van der Waals surface area contributed by atoms with Crippen molar-refractivity contribution >= 4 is 33.2 Å². The van der Waals surface area contributed by atoms with E-state index in [1.165, 1.54) is 12.1 Å². The van der Waals surface area contributed by atoms with Crippen LogP contribution in [-0.2, 0) is 14.6 Å². The molecule has 1 heterocycles. The summed E-state index contributed by atoms with van der Waals surface area (Å²) in [6.07, 6.45) is -0.255. The predicted octanol–water partition coefficient (Wildman–Crippen LogP) is 3.11. The van der Waals surface area contributed by atoms with Crippen LogP contribution in [0, 0.1) is 5.92 Å². The number of carbonyl (C=O) groups is 1. The lowest BCUT2D eigenvalue weighted by molar-refractivity contribution is 0.0563. The Hall–Kier alpha value is -1.51. The van der Waals surface area contributed by atoms with Gasteiger partial charge in [-0.05, 0) is 44.7 Å². The second kappa shape index (κ2) is 6.78. The van der Waals surface area contributed by atoms with Gasteiger partial charge < -0.3 is 14.9 Å². The third-order valence-electron chi connectivity index (χ3n) is 4.49. The molecule has 0 aliphatic carbocycles. The average molecular weight is 378 g/mol. The van der Waals surface area contributed by atoms with Gasteiger partial charge in [0, 0.05) is 13.2 Å². The van der Waals surface area contributed by atoms with Crippen molar-refractivity contribution in [2.24, 2.45) is 5.92 Å². The minimum absolute atomic E-state index is 0.149. The predicted molar refractivity (Wildman–Crippen MR) is 89.6 cm³/mol. The number of nitrogens with one attached hydrogen (secondary N) is 1. The van der Waals surface area contributed by atoms with Crippen molar-refractivity contribution in [2.75, 3.05) is 18.5 Å². The summed E-state index contributed by atoms with van der Waals surface area (Å²) in [5.74, 6) is -0.854. The zero-order valence-corrected chi connectivity index (χ0v) is 14.9. The molecule has 3 N–H and O–H groups in total. The van der Waals surface area contributed by atoms with Crippen LogP contribution in [0.3, 0.4) is 0 Å². The van der Waals surface area contributed by atoms with Gasteiger partial charge in [-0.2, -0.15) is 0 Å². The van der Waals surface area contributed by atoms with E-state index in [2.05, 4.69) is 0 Å². The molecule has 134 valence electrons. The lowest BCUT2D eigenvalue weighted by atomic mass is 9.88. The third kappa shape index (κ3) is 3.31. The van der Waals surface area contributed by atoms with Crippen LogP contribution in [0.15, 0.2) is 17.0 Å². The van der Waals surface area contributed by atoms with Crippen LogP contribution in [0.2, 0.25) is 5.02 Å². The van der Waals surface area contributed by atoms with E-state index >= 15 is 0 Å². The van der Waals surface area contributed by atoms with Crippen molar-refractivity contribution in [1.82, 2.24) is 0 Å². The Bertz CT molecular complexity index is 741. The first-order valence-corrected chi connectivity index (χ1v) is 9.29. The number of amides is 1. The van der Waals surface area contributed by atoms with E-state index in [-0.39, 0.29) is 16.6 Å². The van der Waals surface area contributed by atoms with E-state index in [0.717, 1.165) is 0 Å². The van der Waals surface area contributed by atoms with Crippen molar-refractivity contribution < 1.29 is 28.2 Å². The highest BCUT2D eigenvalue weighted by Crippen LogP contribution is 2.45. The highest BCUT2D eigenvalue weighted by molar-refractivity contribution is 7.93. The largest absolute Gasteiger partial charge is 0.504 e. The third-order valence-corrected chi connectivity index (χ3v) is 7.59. The van der Waals surface area contributed by atoms with Gasteiger partial charge >= 0.3 is 6.09 Å². The van der Waals surface area contributed by atoms with Crippen LogP contribution in [-0.4, -0.2) is 42.7 Å². The van der Waals surface area contributed by atoms with E-state index in [4.69, 9.17) is 21.4 Å². The molecule has 1 aliphatic heterocycles. The number of rotatable bonds is 4. The van der Waals surface area contributed by atoms with Crippen molar-refractivity contribution in [3.05, 3.63) is 17.2 Å². The van der Waals surface area contributed by atoms with Crippen LogP contribution in [0.4, 0.5) is 10.5 Å². The molecular formula is C15H20ClNO6S.